The van der Waals surface area contributed by atoms with Gasteiger partial charge in [0.05, 0.1) is 19.6 Å². The van der Waals surface area contributed by atoms with Crippen molar-refractivity contribution in [2.24, 2.45) is 11.8 Å². The summed E-state index contributed by atoms with van der Waals surface area (Å²) in [6.07, 6.45) is 2.60. The van der Waals surface area contributed by atoms with E-state index in [0.29, 0.717) is 18.3 Å². The number of nitrogens with one attached hydrogen (secondary N) is 1. The number of ether oxygens (including phenoxy) is 1. The topological polar surface area (TPSA) is 55.4 Å². The third-order valence-electron chi connectivity index (χ3n) is 4.10. The van der Waals surface area contributed by atoms with E-state index in [0.717, 1.165) is 10.5 Å². The molecule has 0 aromatic heterocycles. The van der Waals surface area contributed by atoms with E-state index in [1.165, 1.54) is 7.11 Å². The zero-order valence-corrected chi connectivity index (χ0v) is 15.4. The average molecular weight is 337 g/mol. The molecule has 0 bridgehead atoms. The van der Waals surface area contributed by atoms with Gasteiger partial charge in [-0.15, -0.1) is 11.8 Å². The number of rotatable bonds is 8. The summed E-state index contributed by atoms with van der Waals surface area (Å²) < 4.78 is 4.75. The Morgan fingerprint density at radius 2 is 1.74 bits per heavy atom. The van der Waals surface area contributed by atoms with Crippen LogP contribution in [-0.4, -0.2) is 25.2 Å². The van der Waals surface area contributed by atoms with Crippen LogP contribution in [0.4, 0.5) is 0 Å². The van der Waals surface area contributed by atoms with E-state index in [4.69, 9.17) is 4.74 Å². The van der Waals surface area contributed by atoms with Gasteiger partial charge in [-0.05, 0) is 35.8 Å². The molecule has 5 heteroatoms. The van der Waals surface area contributed by atoms with Gasteiger partial charge in [0.1, 0.15) is 0 Å². The van der Waals surface area contributed by atoms with Gasteiger partial charge in [0, 0.05) is 11.3 Å². The fraction of sp³-hybridized carbons (Fsp3) is 0.556. The third kappa shape index (κ3) is 6.65. The van der Waals surface area contributed by atoms with Crippen LogP contribution in [0.2, 0.25) is 0 Å². The first-order valence-corrected chi connectivity index (χ1v) is 9.10. The number of carbonyl (C=O) groups excluding carboxylic acids is 2. The van der Waals surface area contributed by atoms with Gasteiger partial charge in [-0.1, -0.05) is 32.9 Å². The summed E-state index contributed by atoms with van der Waals surface area (Å²) in [6, 6.07) is 7.53. The minimum Gasteiger partial charge on any atom is -0.469 e. The largest absolute Gasteiger partial charge is 0.469 e. The molecule has 2 atom stereocenters. The summed E-state index contributed by atoms with van der Waals surface area (Å²) in [4.78, 5) is 25.1. The molecule has 4 nitrogen and oxygen atoms in total. The van der Waals surface area contributed by atoms with Gasteiger partial charge in [0.2, 0.25) is 5.91 Å². The summed E-state index contributed by atoms with van der Waals surface area (Å²) in [5, 5.41) is 2.98. The van der Waals surface area contributed by atoms with E-state index in [1.807, 2.05) is 30.5 Å². The van der Waals surface area contributed by atoms with Crippen molar-refractivity contribution in [3.63, 3.8) is 0 Å². The first-order chi connectivity index (χ1) is 10.9. The summed E-state index contributed by atoms with van der Waals surface area (Å²) in [6.45, 7) is 6.27. The Morgan fingerprint density at radius 1 is 1.13 bits per heavy atom. The molecule has 1 amide bonds. The van der Waals surface area contributed by atoms with Gasteiger partial charge in [0.25, 0.3) is 0 Å². The Bertz CT molecular complexity index is 514. The van der Waals surface area contributed by atoms with Crippen molar-refractivity contribution in [2.45, 2.75) is 44.6 Å². The van der Waals surface area contributed by atoms with Gasteiger partial charge in [-0.2, -0.15) is 0 Å². The lowest BCUT2D eigenvalue weighted by atomic mass is 9.94. The summed E-state index contributed by atoms with van der Waals surface area (Å²) in [7, 11) is 1.36. The number of hydrogen-bond acceptors (Lipinski definition) is 4. The Kier molecular flexibility index (Phi) is 8.17. The van der Waals surface area contributed by atoms with E-state index >= 15 is 0 Å². The van der Waals surface area contributed by atoms with Gasteiger partial charge in [0.15, 0.2) is 0 Å². The number of amides is 1. The van der Waals surface area contributed by atoms with Crippen molar-refractivity contribution in [3.8, 4) is 0 Å². The predicted octanol–water partition coefficient (Wildman–Crippen LogP) is 3.81. The second-order valence-corrected chi connectivity index (χ2v) is 6.98. The smallest absolute Gasteiger partial charge is 0.307 e. The van der Waals surface area contributed by atoms with E-state index in [9.17, 15) is 9.59 Å². The highest BCUT2D eigenvalue weighted by molar-refractivity contribution is 7.98. The minimum absolute atomic E-state index is 0.0333. The molecule has 0 saturated carbocycles. The fourth-order valence-corrected chi connectivity index (χ4v) is 2.53. The van der Waals surface area contributed by atoms with E-state index in [2.05, 4.69) is 26.1 Å². The molecule has 0 aliphatic carbocycles. The SMILES string of the molecule is COC(=O)CC(NC(=O)CC(C)C(C)C)c1ccc(SC)cc1. The van der Waals surface area contributed by atoms with E-state index < -0.39 is 0 Å². The maximum Gasteiger partial charge on any atom is 0.307 e. The Labute approximate surface area is 143 Å². The lowest BCUT2D eigenvalue weighted by Crippen LogP contribution is -2.32. The third-order valence-corrected chi connectivity index (χ3v) is 4.84. The molecule has 128 valence electrons. The van der Waals surface area contributed by atoms with E-state index in [1.54, 1.807) is 11.8 Å². The molecule has 1 N–H and O–H groups in total. The summed E-state index contributed by atoms with van der Waals surface area (Å²) >= 11 is 1.65. The first kappa shape index (κ1) is 19.6. The Balaban J connectivity index is 2.83. The molecule has 1 aromatic carbocycles. The first-order valence-electron chi connectivity index (χ1n) is 7.87. The molecule has 1 rings (SSSR count). The van der Waals surface area contributed by atoms with Crippen LogP contribution in [0, 0.1) is 11.8 Å². The summed E-state index contributed by atoms with van der Waals surface area (Å²) in [5.74, 6) is 0.378. The van der Waals surface area contributed by atoms with Crippen LogP contribution in [0.3, 0.4) is 0 Å². The zero-order valence-electron chi connectivity index (χ0n) is 14.6. The van der Waals surface area contributed by atoms with Crippen molar-refractivity contribution in [1.29, 1.82) is 0 Å². The second kappa shape index (κ2) is 9.60. The van der Waals surface area contributed by atoms with Crippen LogP contribution < -0.4 is 5.32 Å². The maximum absolute atomic E-state index is 12.3. The molecule has 0 spiro atoms. The van der Waals surface area contributed by atoms with Crippen molar-refractivity contribution in [2.75, 3.05) is 13.4 Å². The normalized spacial score (nSPS) is 13.5. The van der Waals surface area contributed by atoms with Gasteiger partial charge >= 0.3 is 5.97 Å². The van der Waals surface area contributed by atoms with Gasteiger partial charge in [-0.25, -0.2) is 0 Å². The zero-order chi connectivity index (χ0) is 17.4. The molecule has 0 aliphatic rings. The molecule has 2 unspecified atom stereocenters. The summed E-state index contributed by atoms with van der Waals surface area (Å²) in [5.41, 5.74) is 0.916. The second-order valence-electron chi connectivity index (χ2n) is 6.10. The quantitative estimate of drug-likeness (QED) is 0.579. The number of esters is 1. The van der Waals surface area contributed by atoms with Gasteiger partial charge in [-0.3, -0.25) is 9.59 Å². The van der Waals surface area contributed by atoms with Crippen LogP contribution in [0.5, 0.6) is 0 Å². The number of thioether (sulfide) groups is 1. The van der Waals surface area contributed by atoms with Gasteiger partial charge < -0.3 is 10.1 Å². The molecule has 0 radical (unpaired) electrons. The number of benzene rings is 1. The molecule has 0 heterocycles. The highest BCUT2D eigenvalue weighted by Crippen LogP contribution is 2.22. The highest BCUT2D eigenvalue weighted by Gasteiger charge is 2.20. The Hall–Kier alpha value is -1.49. The molecule has 1 aromatic rings. The maximum atomic E-state index is 12.3. The minimum atomic E-state index is -0.356. The lowest BCUT2D eigenvalue weighted by Gasteiger charge is -2.21. The van der Waals surface area contributed by atoms with Crippen molar-refractivity contribution in [3.05, 3.63) is 29.8 Å². The average Bonchev–Trinajstić information content (AvgIpc) is 2.53. The van der Waals surface area contributed by atoms with Crippen LogP contribution in [0.15, 0.2) is 29.2 Å². The molecule has 23 heavy (non-hydrogen) atoms. The van der Waals surface area contributed by atoms with Crippen LogP contribution in [0.25, 0.3) is 0 Å². The van der Waals surface area contributed by atoms with Crippen molar-refractivity contribution in [1.82, 2.24) is 5.32 Å². The van der Waals surface area contributed by atoms with Crippen LogP contribution in [0.1, 0.15) is 45.2 Å². The van der Waals surface area contributed by atoms with E-state index in [-0.39, 0.29) is 24.3 Å². The molecule has 0 aliphatic heterocycles. The predicted molar refractivity (Wildman–Crippen MR) is 94.4 cm³/mol. The standard InChI is InChI=1S/C18H27NO3S/c1-12(2)13(3)10-17(20)19-16(11-18(21)22-4)14-6-8-15(23-5)9-7-14/h6-9,12-13,16H,10-11H2,1-5H3,(H,19,20). The molecular weight excluding hydrogens is 310 g/mol. The fourth-order valence-electron chi connectivity index (χ4n) is 2.12. The van der Waals surface area contributed by atoms with Crippen molar-refractivity contribution < 1.29 is 14.3 Å². The van der Waals surface area contributed by atoms with Crippen LogP contribution >= 0.6 is 11.8 Å². The van der Waals surface area contributed by atoms with Crippen molar-refractivity contribution >= 4 is 23.6 Å². The molecular formula is C18H27NO3S. The number of carbonyl (C=O) groups is 2. The monoisotopic (exact) mass is 337 g/mol. The molecule has 0 saturated heterocycles. The lowest BCUT2D eigenvalue weighted by molar-refractivity contribution is -0.141. The Morgan fingerprint density at radius 3 is 2.22 bits per heavy atom. The highest BCUT2D eigenvalue weighted by atomic mass is 32.2. The number of hydrogen-bond donors (Lipinski definition) is 1. The number of methoxy groups -OCH3 is 1. The van der Waals surface area contributed by atoms with Crippen LogP contribution in [-0.2, 0) is 14.3 Å². The molecule has 0 fully saturated rings.